The number of carbonyl (C=O) groups excluding carboxylic acids is 1. The molecule has 1 aromatic carbocycles. The molecule has 0 bridgehead atoms. The first kappa shape index (κ1) is 18.3. The number of carbonyl (C=O) groups is 1. The number of aryl methyl sites for hydroxylation is 3. The Hall–Kier alpha value is -1.76. The molecule has 0 spiro atoms. The van der Waals surface area contributed by atoms with E-state index in [9.17, 15) is 18.0 Å². The molecule has 2 amide bonds. The van der Waals surface area contributed by atoms with E-state index in [-0.39, 0.29) is 6.54 Å². The van der Waals surface area contributed by atoms with Gasteiger partial charge in [0.25, 0.3) is 0 Å². The lowest BCUT2D eigenvalue weighted by Crippen LogP contribution is -2.45. The van der Waals surface area contributed by atoms with Crippen molar-refractivity contribution in [2.75, 3.05) is 13.6 Å². The second kappa shape index (κ2) is 7.00. The highest BCUT2D eigenvalue weighted by molar-refractivity contribution is 5.74. The van der Waals surface area contributed by atoms with Gasteiger partial charge in [0.1, 0.15) is 0 Å². The van der Waals surface area contributed by atoms with Crippen molar-refractivity contribution in [2.45, 2.75) is 39.6 Å². The van der Waals surface area contributed by atoms with Crippen molar-refractivity contribution >= 4 is 6.03 Å². The number of rotatable bonds is 4. The molecule has 1 aromatic rings. The minimum Gasteiger partial charge on any atom is -0.382 e. The number of nitrogens with zero attached hydrogens (tertiary/aromatic N) is 1. The van der Waals surface area contributed by atoms with E-state index < -0.39 is 24.9 Å². The number of likely N-dealkylation sites (N-methyl/N-ethyl adjacent to an activating group) is 1. The van der Waals surface area contributed by atoms with Gasteiger partial charge in [0, 0.05) is 13.6 Å². The number of nitrogens with one attached hydrogen (secondary N) is 1. The van der Waals surface area contributed by atoms with Gasteiger partial charge in [0.05, 0.1) is 6.54 Å². The maximum absolute atomic E-state index is 12.3. The normalized spacial score (nSPS) is 12.9. The number of aliphatic hydroxyl groups excluding tert-OH is 1. The molecule has 124 valence electrons. The van der Waals surface area contributed by atoms with Gasteiger partial charge in [-0.05, 0) is 37.5 Å². The number of amides is 2. The maximum atomic E-state index is 12.3. The van der Waals surface area contributed by atoms with Crippen LogP contribution in [-0.2, 0) is 6.54 Å². The average Bonchev–Trinajstić information content (AvgIpc) is 2.35. The SMILES string of the molecule is Cc1cc(C)c(CNC(=O)N(C)C[C@@H](O)C(F)(F)F)c(C)c1. The van der Waals surface area contributed by atoms with E-state index in [1.54, 1.807) is 0 Å². The molecule has 2 N–H and O–H groups in total. The first-order chi connectivity index (χ1) is 10.0. The molecule has 0 saturated carbocycles. The van der Waals surface area contributed by atoms with Crippen LogP contribution >= 0.6 is 0 Å². The molecule has 1 atom stereocenters. The Morgan fingerprint density at radius 1 is 1.27 bits per heavy atom. The average molecular weight is 318 g/mol. The molecular weight excluding hydrogens is 297 g/mol. The molecule has 7 heteroatoms. The molecule has 0 fully saturated rings. The molecule has 0 radical (unpaired) electrons. The van der Waals surface area contributed by atoms with E-state index in [1.165, 1.54) is 7.05 Å². The Morgan fingerprint density at radius 3 is 2.23 bits per heavy atom. The van der Waals surface area contributed by atoms with E-state index in [2.05, 4.69) is 5.32 Å². The van der Waals surface area contributed by atoms with E-state index in [4.69, 9.17) is 5.11 Å². The summed E-state index contributed by atoms with van der Waals surface area (Å²) in [7, 11) is 1.21. The number of aliphatic hydroxyl groups is 1. The summed E-state index contributed by atoms with van der Waals surface area (Å²) < 4.78 is 36.8. The van der Waals surface area contributed by atoms with Crippen LogP contribution in [0.2, 0.25) is 0 Å². The molecule has 0 unspecified atom stereocenters. The molecule has 1 rings (SSSR count). The lowest BCUT2D eigenvalue weighted by molar-refractivity contribution is -0.205. The van der Waals surface area contributed by atoms with Crippen molar-refractivity contribution in [3.8, 4) is 0 Å². The van der Waals surface area contributed by atoms with Gasteiger partial charge in [0.2, 0.25) is 0 Å². The van der Waals surface area contributed by atoms with Crippen molar-refractivity contribution in [1.29, 1.82) is 0 Å². The summed E-state index contributed by atoms with van der Waals surface area (Å²) in [6.07, 6.45) is -7.29. The minimum atomic E-state index is -4.74. The third kappa shape index (κ3) is 4.91. The Kier molecular flexibility index (Phi) is 5.82. The zero-order valence-electron chi connectivity index (χ0n) is 13.1. The van der Waals surface area contributed by atoms with Crippen molar-refractivity contribution in [2.24, 2.45) is 0 Å². The van der Waals surface area contributed by atoms with E-state index in [0.717, 1.165) is 27.2 Å². The van der Waals surface area contributed by atoms with Crippen molar-refractivity contribution in [3.63, 3.8) is 0 Å². The van der Waals surface area contributed by atoms with Crippen LogP contribution in [0.25, 0.3) is 0 Å². The van der Waals surface area contributed by atoms with Crippen molar-refractivity contribution in [1.82, 2.24) is 10.2 Å². The highest BCUT2D eigenvalue weighted by Gasteiger charge is 2.39. The maximum Gasteiger partial charge on any atom is 0.416 e. The molecule has 0 aromatic heterocycles. The fourth-order valence-electron chi connectivity index (χ4n) is 2.23. The first-order valence-corrected chi connectivity index (χ1v) is 6.83. The van der Waals surface area contributed by atoms with Crippen LogP contribution in [0.15, 0.2) is 12.1 Å². The van der Waals surface area contributed by atoms with Gasteiger partial charge < -0.3 is 15.3 Å². The van der Waals surface area contributed by atoms with Crippen LogP contribution < -0.4 is 5.32 Å². The zero-order valence-corrected chi connectivity index (χ0v) is 13.1. The van der Waals surface area contributed by atoms with Gasteiger partial charge in [-0.3, -0.25) is 0 Å². The van der Waals surface area contributed by atoms with Crippen LogP contribution in [0.5, 0.6) is 0 Å². The summed E-state index contributed by atoms with van der Waals surface area (Å²) in [4.78, 5) is 12.6. The van der Waals surface area contributed by atoms with Gasteiger partial charge in [-0.1, -0.05) is 17.7 Å². The molecule has 0 heterocycles. The van der Waals surface area contributed by atoms with Gasteiger partial charge in [0.15, 0.2) is 6.10 Å². The smallest absolute Gasteiger partial charge is 0.382 e. The summed E-state index contributed by atoms with van der Waals surface area (Å²) in [5.74, 6) is 0. The van der Waals surface area contributed by atoms with Crippen LogP contribution in [0.1, 0.15) is 22.3 Å². The quantitative estimate of drug-likeness (QED) is 0.897. The van der Waals surface area contributed by atoms with Gasteiger partial charge in [-0.2, -0.15) is 13.2 Å². The highest BCUT2D eigenvalue weighted by atomic mass is 19.4. The zero-order chi connectivity index (χ0) is 17.1. The number of urea groups is 1. The number of hydrogen-bond donors (Lipinski definition) is 2. The fraction of sp³-hybridized carbons (Fsp3) is 0.533. The van der Waals surface area contributed by atoms with Crippen LogP contribution in [-0.4, -0.2) is 41.9 Å². The summed E-state index contributed by atoms with van der Waals surface area (Å²) >= 11 is 0. The standard InChI is InChI=1S/C15H21F3N2O2/c1-9-5-10(2)12(11(3)6-9)7-19-14(22)20(4)8-13(21)15(16,17)18/h5-6,13,21H,7-8H2,1-4H3,(H,19,22)/t13-/m1/s1. The van der Waals surface area contributed by atoms with Crippen LogP contribution in [0.4, 0.5) is 18.0 Å². The number of hydrogen-bond acceptors (Lipinski definition) is 2. The predicted molar refractivity (Wildman–Crippen MR) is 77.6 cm³/mol. The molecule has 0 aliphatic rings. The van der Waals surface area contributed by atoms with Gasteiger partial charge >= 0.3 is 12.2 Å². The summed E-state index contributed by atoms with van der Waals surface area (Å²) in [6, 6.07) is 3.29. The number of benzene rings is 1. The Morgan fingerprint density at radius 2 is 1.77 bits per heavy atom. The van der Waals surface area contributed by atoms with Gasteiger partial charge in [-0.25, -0.2) is 4.79 Å². The van der Waals surface area contributed by atoms with Crippen LogP contribution in [0, 0.1) is 20.8 Å². The topological polar surface area (TPSA) is 52.6 Å². The van der Waals surface area contributed by atoms with E-state index >= 15 is 0 Å². The lowest BCUT2D eigenvalue weighted by Gasteiger charge is -2.23. The molecule has 0 aliphatic carbocycles. The highest BCUT2D eigenvalue weighted by Crippen LogP contribution is 2.20. The Balaban J connectivity index is 2.63. The number of halogens is 3. The summed E-state index contributed by atoms with van der Waals surface area (Å²) in [5, 5.41) is 11.5. The Bertz CT molecular complexity index is 521. The van der Waals surface area contributed by atoms with Crippen molar-refractivity contribution in [3.05, 3.63) is 34.4 Å². The number of alkyl halides is 3. The second-order valence-electron chi connectivity index (χ2n) is 5.47. The third-order valence-corrected chi connectivity index (χ3v) is 3.43. The molecular formula is C15H21F3N2O2. The molecule has 0 aliphatic heterocycles. The van der Waals surface area contributed by atoms with Crippen LogP contribution in [0.3, 0.4) is 0 Å². The van der Waals surface area contributed by atoms with Gasteiger partial charge in [-0.15, -0.1) is 0 Å². The largest absolute Gasteiger partial charge is 0.416 e. The van der Waals surface area contributed by atoms with E-state index in [0.29, 0.717) is 0 Å². The monoisotopic (exact) mass is 318 g/mol. The molecule has 0 saturated heterocycles. The summed E-state index contributed by atoms with van der Waals surface area (Å²) in [6.45, 7) is 5.22. The second-order valence-corrected chi connectivity index (χ2v) is 5.47. The first-order valence-electron chi connectivity index (χ1n) is 6.83. The molecule has 4 nitrogen and oxygen atoms in total. The summed E-state index contributed by atoms with van der Waals surface area (Å²) in [5.41, 5.74) is 4.06. The van der Waals surface area contributed by atoms with Crippen molar-refractivity contribution < 1.29 is 23.1 Å². The minimum absolute atomic E-state index is 0.225. The predicted octanol–water partition coefficient (Wildman–Crippen LogP) is 2.68. The fourth-order valence-corrected chi connectivity index (χ4v) is 2.23. The molecule has 22 heavy (non-hydrogen) atoms. The van der Waals surface area contributed by atoms with E-state index in [1.807, 2.05) is 32.9 Å². The third-order valence-electron chi connectivity index (χ3n) is 3.43. The lowest BCUT2D eigenvalue weighted by atomic mass is 10.00. The Labute approximate surface area is 127 Å².